The molecule has 6 nitrogen and oxygen atoms in total. The third kappa shape index (κ3) is 2.66. The maximum absolute atomic E-state index is 13.5. The number of nitrogens with zero attached hydrogens (tertiary/aromatic N) is 1. The van der Waals surface area contributed by atoms with Gasteiger partial charge in [-0.2, -0.15) is 0 Å². The predicted octanol–water partition coefficient (Wildman–Crippen LogP) is 1.23. The largest absolute Gasteiger partial charge is 0.396 e. The maximum Gasteiger partial charge on any atom is 0.241 e. The first-order valence-electron chi connectivity index (χ1n) is 5.86. The van der Waals surface area contributed by atoms with Gasteiger partial charge in [-0.15, -0.1) is 0 Å². The average molecular weight is 298 g/mol. The lowest BCUT2D eigenvalue weighted by molar-refractivity contribution is 0.577. The van der Waals surface area contributed by atoms with Crippen LogP contribution in [-0.2, 0) is 16.6 Å². The Hall–Kier alpha value is -1.93. The van der Waals surface area contributed by atoms with Crippen LogP contribution in [0.3, 0.4) is 0 Å². The molecule has 4 N–H and O–H groups in total. The highest BCUT2D eigenvalue weighted by Gasteiger charge is 2.22. The minimum Gasteiger partial charge on any atom is -0.396 e. The van der Waals surface area contributed by atoms with E-state index in [0.29, 0.717) is 11.4 Å². The third-order valence-electron chi connectivity index (χ3n) is 2.96. The van der Waals surface area contributed by atoms with E-state index in [4.69, 9.17) is 5.73 Å². The summed E-state index contributed by atoms with van der Waals surface area (Å²) in [4.78, 5) is 6.71. The van der Waals surface area contributed by atoms with Crippen LogP contribution >= 0.6 is 0 Å². The zero-order chi connectivity index (χ0) is 14.9. The summed E-state index contributed by atoms with van der Waals surface area (Å²) >= 11 is 0. The Balaban J connectivity index is 2.37. The van der Waals surface area contributed by atoms with Crippen LogP contribution in [0.5, 0.6) is 0 Å². The number of aryl methyl sites for hydroxylation is 1. The molecule has 0 aliphatic carbocycles. The zero-order valence-corrected chi connectivity index (χ0v) is 11.9. The number of rotatable bonds is 4. The number of hydrogen-bond acceptors (Lipinski definition) is 4. The molecule has 0 fully saturated rings. The molecular weight excluding hydrogens is 283 g/mol. The van der Waals surface area contributed by atoms with Crippen LogP contribution in [-0.4, -0.2) is 18.4 Å². The molecule has 108 valence electrons. The summed E-state index contributed by atoms with van der Waals surface area (Å²) in [6.45, 7) is 3.02. The fourth-order valence-electron chi connectivity index (χ4n) is 1.97. The van der Waals surface area contributed by atoms with Gasteiger partial charge >= 0.3 is 0 Å². The molecule has 1 aromatic heterocycles. The quantitative estimate of drug-likeness (QED) is 0.739. The molecule has 2 aromatic rings. The number of nitrogens with two attached hydrogens (primary N) is 1. The Morgan fingerprint density at radius 2 is 2.15 bits per heavy atom. The molecule has 0 saturated heterocycles. The molecule has 0 amide bonds. The Morgan fingerprint density at radius 3 is 2.75 bits per heavy atom. The van der Waals surface area contributed by atoms with Crippen LogP contribution in [0.2, 0.25) is 0 Å². The highest BCUT2D eigenvalue weighted by Crippen LogP contribution is 2.27. The van der Waals surface area contributed by atoms with Crippen LogP contribution in [0.1, 0.15) is 17.0 Å². The molecule has 0 unspecified atom stereocenters. The van der Waals surface area contributed by atoms with E-state index in [1.807, 2.05) is 0 Å². The minimum absolute atomic E-state index is 0.00274. The average Bonchev–Trinajstić information content (AvgIpc) is 2.86. The molecule has 0 atom stereocenters. The Kier molecular flexibility index (Phi) is 3.78. The minimum atomic E-state index is -3.79. The van der Waals surface area contributed by atoms with Gasteiger partial charge in [0, 0.05) is 12.4 Å². The van der Waals surface area contributed by atoms with E-state index in [0.717, 1.165) is 6.07 Å². The number of aromatic nitrogens is 2. The molecular formula is C12H15FN4O2S. The van der Waals surface area contributed by atoms with Gasteiger partial charge in [0.05, 0.1) is 17.1 Å². The van der Waals surface area contributed by atoms with E-state index in [2.05, 4.69) is 14.7 Å². The number of aromatic amines is 1. The van der Waals surface area contributed by atoms with Crippen molar-refractivity contribution in [1.82, 2.24) is 14.7 Å². The molecule has 0 saturated carbocycles. The second-order valence-corrected chi connectivity index (χ2v) is 6.11. The molecule has 8 heteroatoms. The maximum atomic E-state index is 13.5. The SMILES string of the molecule is Cc1cc(F)c(N)c(C)c1S(=O)(=O)NCc1ncc[nH]1. The van der Waals surface area contributed by atoms with Crippen LogP contribution in [0, 0.1) is 19.7 Å². The lowest BCUT2D eigenvalue weighted by atomic mass is 10.1. The van der Waals surface area contributed by atoms with Crippen molar-refractivity contribution in [3.05, 3.63) is 41.2 Å². The van der Waals surface area contributed by atoms with Crippen molar-refractivity contribution in [3.63, 3.8) is 0 Å². The van der Waals surface area contributed by atoms with Gasteiger partial charge in [-0.3, -0.25) is 0 Å². The van der Waals surface area contributed by atoms with Crippen molar-refractivity contribution < 1.29 is 12.8 Å². The monoisotopic (exact) mass is 298 g/mol. The number of halogens is 1. The Labute approximate surface area is 116 Å². The van der Waals surface area contributed by atoms with E-state index in [1.165, 1.54) is 20.0 Å². The van der Waals surface area contributed by atoms with Gasteiger partial charge in [0.15, 0.2) is 0 Å². The molecule has 0 aliphatic heterocycles. The van der Waals surface area contributed by atoms with E-state index < -0.39 is 15.8 Å². The van der Waals surface area contributed by atoms with Crippen LogP contribution in [0.15, 0.2) is 23.4 Å². The van der Waals surface area contributed by atoms with E-state index in [1.54, 1.807) is 6.20 Å². The number of benzene rings is 1. The zero-order valence-electron chi connectivity index (χ0n) is 11.1. The number of nitrogens with one attached hydrogen (secondary N) is 2. The van der Waals surface area contributed by atoms with Crippen molar-refractivity contribution in [1.29, 1.82) is 0 Å². The first-order valence-corrected chi connectivity index (χ1v) is 7.34. The molecule has 0 bridgehead atoms. The second-order valence-electron chi connectivity index (χ2n) is 4.40. The van der Waals surface area contributed by atoms with Gasteiger partial charge in [0.25, 0.3) is 0 Å². The molecule has 20 heavy (non-hydrogen) atoms. The summed E-state index contributed by atoms with van der Waals surface area (Å²) in [6.07, 6.45) is 3.12. The summed E-state index contributed by atoms with van der Waals surface area (Å²) in [7, 11) is -3.79. The molecule has 1 aromatic carbocycles. The van der Waals surface area contributed by atoms with E-state index >= 15 is 0 Å². The number of anilines is 1. The summed E-state index contributed by atoms with van der Waals surface area (Å²) in [6, 6.07) is 1.11. The molecule has 0 radical (unpaired) electrons. The number of imidazole rings is 1. The standard InChI is InChI=1S/C12H15FN4O2S/c1-7-5-9(13)11(14)8(2)12(7)20(18,19)17-6-10-15-3-4-16-10/h3-5,17H,6,14H2,1-2H3,(H,15,16). The van der Waals surface area contributed by atoms with Crippen molar-refractivity contribution in [3.8, 4) is 0 Å². The van der Waals surface area contributed by atoms with E-state index in [9.17, 15) is 12.8 Å². The number of sulfonamides is 1. The Morgan fingerprint density at radius 1 is 1.45 bits per heavy atom. The van der Waals surface area contributed by atoms with E-state index in [-0.39, 0.29) is 22.7 Å². The van der Waals surface area contributed by atoms with Gasteiger partial charge in [-0.25, -0.2) is 22.5 Å². The first kappa shape index (κ1) is 14.5. The topological polar surface area (TPSA) is 101 Å². The summed E-state index contributed by atoms with van der Waals surface area (Å²) in [5.41, 5.74) is 5.90. The van der Waals surface area contributed by atoms with Gasteiger partial charge in [0.2, 0.25) is 10.0 Å². The van der Waals surface area contributed by atoms with Crippen LogP contribution < -0.4 is 10.5 Å². The highest BCUT2D eigenvalue weighted by atomic mass is 32.2. The number of hydrogen-bond donors (Lipinski definition) is 3. The van der Waals surface area contributed by atoms with Crippen molar-refractivity contribution >= 4 is 15.7 Å². The summed E-state index contributed by atoms with van der Waals surface area (Å²) in [5.74, 6) is -0.135. The van der Waals surface area contributed by atoms with Gasteiger partial charge in [-0.05, 0) is 31.0 Å². The summed E-state index contributed by atoms with van der Waals surface area (Å²) in [5, 5.41) is 0. The normalized spacial score (nSPS) is 11.8. The molecule has 0 aliphatic rings. The highest BCUT2D eigenvalue weighted by molar-refractivity contribution is 7.89. The molecule has 1 heterocycles. The van der Waals surface area contributed by atoms with Gasteiger partial charge in [0.1, 0.15) is 11.6 Å². The lowest BCUT2D eigenvalue weighted by Crippen LogP contribution is -2.26. The number of nitrogen functional groups attached to an aromatic ring is 1. The van der Waals surface area contributed by atoms with Crippen LogP contribution in [0.4, 0.5) is 10.1 Å². The third-order valence-corrected chi connectivity index (χ3v) is 4.65. The van der Waals surface area contributed by atoms with Crippen molar-refractivity contribution in [2.75, 3.05) is 5.73 Å². The van der Waals surface area contributed by atoms with Gasteiger partial charge in [-0.1, -0.05) is 0 Å². The fraction of sp³-hybridized carbons (Fsp3) is 0.250. The van der Waals surface area contributed by atoms with Gasteiger partial charge < -0.3 is 10.7 Å². The van der Waals surface area contributed by atoms with Crippen molar-refractivity contribution in [2.24, 2.45) is 0 Å². The molecule has 0 spiro atoms. The summed E-state index contributed by atoms with van der Waals surface area (Å²) < 4.78 is 40.5. The molecule has 2 rings (SSSR count). The lowest BCUT2D eigenvalue weighted by Gasteiger charge is -2.14. The van der Waals surface area contributed by atoms with Crippen LogP contribution in [0.25, 0.3) is 0 Å². The second kappa shape index (κ2) is 5.22. The van der Waals surface area contributed by atoms with Crippen molar-refractivity contribution in [2.45, 2.75) is 25.3 Å². The number of H-pyrrole nitrogens is 1. The smallest absolute Gasteiger partial charge is 0.241 e. The fourth-order valence-corrected chi connectivity index (χ4v) is 3.44. The predicted molar refractivity (Wildman–Crippen MR) is 72.9 cm³/mol. The Bertz CT molecular complexity index is 726. The first-order chi connectivity index (χ1) is 9.33.